The van der Waals surface area contributed by atoms with Crippen LogP contribution >= 0.6 is 11.8 Å². The maximum absolute atomic E-state index is 12.6. The molecule has 0 spiro atoms. The zero-order chi connectivity index (χ0) is 17.0. The van der Waals surface area contributed by atoms with Gasteiger partial charge in [0.25, 0.3) is 0 Å². The predicted molar refractivity (Wildman–Crippen MR) is 98.5 cm³/mol. The molecular formula is C17H27N5OS. The van der Waals surface area contributed by atoms with E-state index in [-0.39, 0.29) is 16.8 Å². The number of carbonyl (C=O) groups excluding carboxylic acids is 1. The molecule has 0 aliphatic carbocycles. The summed E-state index contributed by atoms with van der Waals surface area (Å²) < 4.78 is 0.265. The highest BCUT2D eigenvalue weighted by atomic mass is 32.2. The number of rotatable bonds is 2. The molecule has 1 atom stereocenters. The summed E-state index contributed by atoms with van der Waals surface area (Å²) in [5.74, 6) is 1.76. The van der Waals surface area contributed by atoms with Crippen molar-refractivity contribution in [1.82, 2.24) is 20.2 Å². The number of urea groups is 1. The third kappa shape index (κ3) is 4.53. The number of aromatic nitrogens is 2. The van der Waals surface area contributed by atoms with Gasteiger partial charge in [0.05, 0.1) is 0 Å². The van der Waals surface area contributed by atoms with Gasteiger partial charge < -0.3 is 15.1 Å². The first-order valence-electron chi connectivity index (χ1n) is 8.75. The zero-order valence-electron chi connectivity index (χ0n) is 14.6. The van der Waals surface area contributed by atoms with Crippen molar-refractivity contribution in [3.8, 4) is 0 Å². The van der Waals surface area contributed by atoms with Crippen LogP contribution < -0.4 is 10.2 Å². The molecule has 0 radical (unpaired) electrons. The number of nitrogens with zero attached hydrogens (tertiary/aromatic N) is 4. The monoisotopic (exact) mass is 349 g/mol. The van der Waals surface area contributed by atoms with E-state index in [0.717, 1.165) is 57.1 Å². The van der Waals surface area contributed by atoms with Gasteiger partial charge >= 0.3 is 6.03 Å². The van der Waals surface area contributed by atoms with Gasteiger partial charge in [-0.1, -0.05) is 13.8 Å². The molecule has 0 aromatic carbocycles. The second-order valence-electron chi connectivity index (χ2n) is 7.13. The van der Waals surface area contributed by atoms with Crippen molar-refractivity contribution in [1.29, 1.82) is 0 Å². The SMILES string of the molecule is CC1(C)CCN(C(=O)N[C@H]2CCCN(c3ncccn3)C2)CCS1. The molecule has 1 aromatic heterocycles. The number of carbonyl (C=O) groups is 1. The number of hydrogen-bond acceptors (Lipinski definition) is 5. The second kappa shape index (κ2) is 7.59. The normalized spacial score (nSPS) is 24.3. The van der Waals surface area contributed by atoms with Gasteiger partial charge in [-0.25, -0.2) is 14.8 Å². The fraction of sp³-hybridized carbons (Fsp3) is 0.706. The van der Waals surface area contributed by atoms with Crippen molar-refractivity contribution in [3.05, 3.63) is 18.5 Å². The van der Waals surface area contributed by atoms with Crippen molar-refractivity contribution in [2.24, 2.45) is 0 Å². The van der Waals surface area contributed by atoms with E-state index < -0.39 is 0 Å². The fourth-order valence-corrected chi connectivity index (χ4v) is 4.32. The van der Waals surface area contributed by atoms with Gasteiger partial charge in [-0.05, 0) is 25.3 Å². The summed E-state index contributed by atoms with van der Waals surface area (Å²) in [5, 5.41) is 3.22. The Morgan fingerprint density at radius 3 is 2.88 bits per heavy atom. The summed E-state index contributed by atoms with van der Waals surface area (Å²) >= 11 is 1.96. The standard InChI is InChI=1S/C17H27N5OS/c1-17(2)6-10-21(11-12-24-17)16(23)20-14-5-3-9-22(13-14)15-18-7-4-8-19-15/h4,7-8,14H,3,5-6,9-13H2,1-2H3,(H,20,23)/t14-/m0/s1. The van der Waals surface area contributed by atoms with E-state index >= 15 is 0 Å². The van der Waals surface area contributed by atoms with Crippen LogP contribution in [0.2, 0.25) is 0 Å². The lowest BCUT2D eigenvalue weighted by atomic mass is 10.1. The van der Waals surface area contributed by atoms with Crippen LogP contribution in [-0.4, -0.2) is 63.6 Å². The Hall–Kier alpha value is -1.50. The Labute approximate surface area is 148 Å². The molecule has 1 aromatic rings. The van der Waals surface area contributed by atoms with Crippen LogP contribution in [0.5, 0.6) is 0 Å². The Bertz CT molecular complexity index is 553. The maximum Gasteiger partial charge on any atom is 0.317 e. The number of thioether (sulfide) groups is 1. The first-order valence-corrected chi connectivity index (χ1v) is 9.73. The average Bonchev–Trinajstić information content (AvgIpc) is 2.77. The van der Waals surface area contributed by atoms with Crippen molar-refractivity contribution < 1.29 is 4.79 Å². The molecular weight excluding hydrogens is 322 g/mol. The lowest BCUT2D eigenvalue weighted by molar-refractivity contribution is 0.194. The van der Waals surface area contributed by atoms with Gasteiger partial charge in [-0.15, -0.1) is 0 Å². The molecule has 132 valence electrons. The van der Waals surface area contributed by atoms with Crippen molar-refractivity contribution in [3.63, 3.8) is 0 Å². The van der Waals surface area contributed by atoms with Gasteiger partial charge in [0, 0.05) is 55.1 Å². The number of amides is 2. The van der Waals surface area contributed by atoms with Gasteiger partial charge in [0.15, 0.2) is 0 Å². The molecule has 7 heteroatoms. The van der Waals surface area contributed by atoms with Crippen LogP contribution in [-0.2, 0) is 0 Å². The molecule has 3 heterocycles. The van der Waals surface area contributed by atoms with Crippen LogP contribution in [0.4, 0.5) is 10.7 Å². The fourth-order valence-electron chi connectivity index (χ4n) is 3.22. The van der Waals surface area contributed by atoms with Crippen LogP contribution in [0.15, 0.2) is 18.5 Å². The summed E-state index contributed by atoms with van der Waals surface area (Å²) in [7, 11) is 0. The summed E-state index contributed by atoms with van der Waals surface area (Å²) in [5.41, 5.74) is 0. The smallest absolute Gasteiger partial charge is 0.317 e. The van der Waals surface area contributed by atoms with Crippen molar-refractivity contribution in [2.45, 2.75) is 43.9 Å². The molecule has 2 amide bonds. The van der Waals surface area contributed by atoms with E-state index in [1.807, 2.05) is 22.7 Å². The molecule has 1 N–H and O–H groups in total. The summed E-state index contributed by atoms with van der Waals surface area (Å²) in [4.78, 5) is 25.4. The molecule has 6 nitrogen and oxygen atoms in total. The largest absolute Gasteiger partial charge is 0.339 e. The van der Waals surface area contributed by atoms with E-state index in [9.17, 15) is 4.79 Å². The molecule has 2 aliphatic heterocycles. The second-order valence-corrected chi connectivity index (χ2v) is 8.93. The number of nitrogens with one attached hydrogen (secondary N) is 1. The third-order valence-corrected chi connectivity index (χ3v) is 6.08. The Morgan fingerprint density at radius 1 is 1.29 bits per heavy atom. The lowest BCUT2D eigenvalue weighted by Crippen LogP contribution is -2.52. The Balaban J connectivity index is 1.54. The topological polar surface area (TPSA) is 61.4 Å². The van der Waals surface area contributed by atoms with Gasteiger partial charge in [0.2, 0.25) is 5.95 Å². The highest BCUT2D eigenvalue weighted by Gasteiger charge is 2.28. The third-order valence-electron chi connectivity index (χ3n) is 4.71. The number of piperidine rings is 1. The highest BCUT2D eigenvalue weighted by Crippen LogP contribution is 2.30. The van der Waals surface area contributed by atoms with Crippen molar-refractivity contribution >= 4 is 23.7 Å². The van der Waals surface area contributed by atoms with Gasteiger partial charge in [0.1, 0.15) is 0 Å². The first kappa shape index (κ1) is 17.3. The van der Waals surface area contributed by atoms with Crippen LogP contribution in [0.1, 0.15) is 33.1 Å². The Kier molecular flexibility index (Phi) is 5.48. The number of hydrogen-bond donors (Lipinski definition) is 1. The highest BCUT2D eigenvalue weighted by molar-refractivity contribution is 8.00. The minimum Gasteiger partial charge on any atom is -0.339 e. The van der Waals surface area contributed by atoms with E-state index in [1.165, 1.54) is 0 Å². The molecule has 2 saturated heterocycles. The molecule has 0 bridgehead atoms. The molecule has 3 rings (SSSR count). The number of anilines is 1. The quantitative estimate of drug-likeness (QED) is 0.888. The van der Waals surface area contributed by atoms with E-state index in [2.05, 4.69) is 34.0 Å². The lowest BCUT2D eigenvalue weighted by Gasteiger charge is -2.34. The summed E-state index contributed by atoms with van der Waals surface area (Å²) in [6.45, 7) is 7.92. The molecule has 0 saturated carbocycles. The maximum atomic E-state index is 12.6. The minimum atomic E-state index is 0.0779. The molecule has 24 heavy (non-hydrogen) atoms. The van der Waals surface area contributed by atoms with Crippen LogP contribution in [0.25, 0.3) is 0 Å². The molecule has 2 aliphatic rings. The Morgan fingerprint density at radius 2 is 2.08 bits per heavy atom. The van der Waals surface area contributed by atoms with Crippen molar-refractivity contribution in [2.75, 3.05) is 36.8 Å². The molecule has 0 unspecified atom stereocenters. The first-order chi connectivity index (χ1) is 11.5. The molecule has 2 fully saturated rings. The van der Waals surface area contributed by atoms with Crippen LogP contribution in [0, 0.1) is 0 Å². The predicted octanol–water partition coefficient (Wildman–Crippen LogP) is 2.37. The van der Waals surface area contributed by atoms with Crippen LogP contribution in [0.3, 0.4) is 0 Å². The summed E-state index contributed by atoms with van der Waals surface area (Å²) in [6, 6.07) is 2.07. The van der Waals surface area contributed by atoms with Gasteiger partial charge in [-0.3, -0.25) is 0 Å². The van der Waals surface area contributed by atoms with Gasteiger partial charge in [-0.2, -0.15) is 11.8 Å². The minimum absolute atomic E-state index is 0.0779. The average molecular weight is 350 g/mol. The van der Waals surface area contributed by atoms with E-state index in [1.54, 1.807) is 12.4 Å². The summed E-state index contributed by atoms with van der Waals surface area (Å²) in [6.07, 6.45) is 6.64. The van der Waals surface area contributed by atoms with E-state index in [4.69, 9.17) is 0 Å². The van der Waals surface area contributed by atoms with E-state index in [0.29, 0.717) is 0 Å². The zero-order valence-corrected chi connectivity index (χ0v) is 15.4.